The van der Waals surface area contributed by atoms with Gasteiger partial charge >= 0.3 is 0 Å². The minimum Gasteiger partial charge on any atom is -0.378 e. The summed E-state index contributed by atoms with van der Waals surface area (Å²) in [6, 6.07) is 77.1. The average Bonchev–Trinajstić information content (AvgIpc) is 1.67. The molecular weight excluding hydrogens is 1670 g/mol. The summed E-state index contributed by atoms with van der Waals surface area (Å²) in [6.45, 7) is 15.5. The highest BCUT2D eigenvalue weighted by molar-refractivity contribution is 5.91. The Balaban J connectivity index is 0.750. The van der Waals surface area contributed by atoms with Gasteiger partial charge < -0.3 is 82.4 Å². The number of benzene rings is 8. The van der Waals surface area contributed by atoms with Crippen LogP contribution >= 0.6 is 0 Å². The number of hydrogen-bond donors (Lipinski definition) is 3. The van der Waals surface area contributed by atoms with E-state index in [2.05, 4.69) is 50.6 Å². The molecule has 0 spiro atoms. The molecule has 21 nitrogen and oxygen atoms in total. The first kappa shape index (κ1) is 103. The average molecular weight is 1820 g/mol. The van der Waals surface area contributed by atoms with Crippen molar-refractivity contribution in [2.24, 2.45) is 52.3 Å². The van der Waals surface area contributed by atoms with E-state index in [0.29, 0.717) is 89.2 Å². The van der Waals surface area contributed by atoms with Crippen LogP contribution in [0.5, 0.6) is 0 Å². The molecule has 4 aliphatic rings. The van der Waals surface area contributed by atoms with E-state index in [-0.39, 0.29) is 104 Å². The third-order valence-electron chi connectivity index (χ3n) is 27.6. The van der Waals surface area contributed by atoms with Crippen LogP contribution in [0.4, 0.5) is 0 Å². The van der Waals surface area contributed by atoms with Crippen molar-refractivity contribution in [3.8, 4) is 0 Å². The first-order valence-corrected chi connectivity index (χ1v) is 49.2. The van der Waals surface area contributed by atoms with Gasteiger partial charge in [-0.05, 0) is 161 Å². The van der Waals surface area contributed by atoms with Crippen molar-refractivity contribution in [2.45, 2.75) is 226 Å². The highest BCUT2D eigenvalue weighted by Gasteiger charge is 2.61. The standard InChI is InChI=1S/C112H150N4O17/c1-85(2)32-30-33-86(3)104-52-53-105-103-51-50-95-62-98(56-58-111(95,4)106(103)57-59-112(104,105)5)129-61-31-60-113-107(117)54-55-110(120)116(63-108(118)114-96(73-130-99(77-121-65-87-34-14-6-15-35-87)78-122-66-88-36-16-7-17-37-88)74-131-100(79-123-67-89-38-18-8-19-39-89)80-124-68-90-40-20-9-21-41-90)64-109(119)115-97(75-132-101(81-125-69-91-42-22-10-23-43-91)82-126-70-92-44-24-11-25-45-92)76-133-102(83-127-71-93-46-26-12-27-47-93)84-128-72-94-48-28-13-29-49-94/h6-29,34-49,85-86,95-106H,30-33,50-84H2,1-5H3,(H,113,117)(H,114,118)(H,115,119)/t86-,95?,98+,103+,104-,105+,106+,111+,112-/m1/s1. The summed E-state index contributed by atoms with van der Waals surface area (Å²) < 4.78 is 84.3. The summed E-state index contributed by atoms with van der Waals surface area (Å²) in [6.07, 6.45) is 13.3. The van der Waals surface area contributed by atoms with Gasteiger partial charge in [-0.15, -0.1) is 0 Å². The fraction of sp³-hybridized carbons (Fsp3) is 0.536. The Morgan fingerprint density at radius 3 is 1.03 bits per heavy atom. The van der Waals surface area contributed by atoms with E-state index in [4.69, 9.17) is 61.6 Å². The normalized spacial score (nSPS) is 19.6. The molecule has 0 heterocycles. The molecule has 4 aliphatic carbocycles. The monoisotopic (exact) mass is 1820 g/mol. The number of hydrogen-bond acceptors (Lipinski definition) is 17. The summed E-state index contributed by atoms with van der Waals surface area (Å²) >= 11 is 0. The summed E-state index contributed by atoms with van der Waals surface area (Å²) in [7, 11) is 0. The Kier molecular flexibility index (Phi) is 44.3. The van der Waals surface area contributed by atoms with Gasteiger partial charge in [-0.2, -0.15) is 0 Å². The summed E-state index contributed by atoms with van der Waals surface area (Å²) in [4.78, 5) is 61.1. The van der Waals surface area contributed by atoms with Crippen molar-refractivity contribution in [2.75, 3.05) is 106 Å². The van der Waals surface area contributed by atoms with E-state index in [9.17, 15) is 4.79 Å². The molecule has 0 saturated heterocycles. The smallest absolute Gasteiger partial charge is 0.240 e. The van der Waals surface area contributed by atoms with Gasteiger partial charge in [-0.25, -0.2) is 0 Å². The minimum atomic E-state index is -0.879. The lowest BCUT2D eigenvalue weighted by Gasteiger charge is -2.61. The molecule has 0 radical (unpaired) electrons. The Morgan fingerprint density at radius 1 is 0.361 bits per heavy atom. The van der Waals surface area contributed by atoms with Crippen molar-refractivity contribution < 1.29 is 80.8 Å². The van der Waals surface area contributed by atoms with Gasteiger partial charge in [-0.1, -0.05) is 297 Å². The van der Waals surface area contributed by atoms with Crippen LogP contribution in [0.1, 0.15) is 175 Å². The van der Waals surface area contributed by atoms with Crippen LogP contribution in [0.15, 0.2) is 243 Å². The number of nitrogens with zero attached hydrogens (tertiary/aromatic N) is 1. The van der Waals surface area contributed by atoms with Crippen LogP contribution in [0.25, 0.3) is 0 Å². The molecule has 8 aromatic rings. The highest BCUT2D eigenvalue weighted by Crippen LogP contribution is 2.68. The maximum absolute atomic E-state index is 15.3. The molecular formula is C112H150N4O17. The molecule has 4 amide bonds. The van der Waals surface area contributed by atoms with Crippen molar-refractivity contribution in [1.82, 2.24) is 20.9 Å². The van der Waals surface area contributed by atoms with Crippen molar-refractivity contribution in [1.29, 1.82) is 0 Å². The largest absolute Gasteiger partial charge is 0.378 e. The molecule has 720 valence electrons. The number of amides is 4. The van der Waals surface area contributed by atoms with Crippen LogP contribution in [0.3, 0.4) is 0 Å². The first-order valence-electron chi connectivity index (χ1n) is 49.2. The van der Waals surface area contributed by atoms with Gasteiger partial charge in [0.2, 0.25) is 23.6 Å². The van der Waals surface area contributed by atoms with Crippen LogP contribution in [-0.2, 0) is 134 Å². The lowest BCUT2D eigenvalue weighted by molar-refractivity contribution is -0.141. The number of fused-ring (bicyclic) bond motifs is 5. The van der Waals surface area contributed by atoms with Crippen molar-refractivity contribution in [3.05, 3.63) is 287 Å². The predicted molar refractivity (Wildman–Crippen MR) is 518 cm³/mol. The second-order valence-corrected chi connectivity index (χ2v) is 38.3. The summed E-state index contributed by atoms with van der Waals surface area (Å²) in [5.74, 6) is 3.32. The number of carbonyl (C=O) groups excluding carboxylic acids is 4. The quantitative estimate of drug-likeness (QED) is 0.0301. The third-order valence-corrected chi connectivity index (χ3v) is 27.6. The van der Waals surface area contributed by atoms with E-state index in [0.717, 1.165) is 92.9 Å². The van der Waals surface area contributed by atoms with E-state index in [1.807, 2.05) is 243 Å². The van der Waals surface area contributed by atoms with Crippen LogP contribution in [0.2, 0.25) is 0 Å². The van der Waals surface area contributed by atoms with Crippen LogP contribution in [0, 0.1) is 52.3 Å². The number of carbonyl (C=O) groups is 4. The molecule has 0 aromatic heterocycles. The fourth-order valence-corrected chi connectivity index (χ4v) is 20.4. The first-order chi connectivity index (χ1) is 65.0. The van der Waals surface area contributed by atoms with Crippen molar-refractivity contribution in [3.63, 3.8) is 0 Å². The Morgan fingerprint density at radius 2 is 0.692 bits per heavy atom. The second kappa shape index (κ2) is 57.2. The summed E-state index contributed by atoms with van der Waals surface area (Å²) in [5.41, 5.74) is 8.64. The molecule has 9 atom stereocenters. The molecule has 0 aliphatic heterocycles. The Bertz CT molecular complexity index is 3920. The topological polar surface area (TPSA) is 228 Å². The molecule has 4 fully saturated rings. The lowest BCUT2D eigenvalue weighted by Crippen LogP contribution is -2.54. The van der Waals surface area contributed by atoms with Gasteiger partial charge in [0.15, 0.2) is 0 Å². The molecule has 133 heavy (non-hydrogen) atoms. The zero-order valence-electron chi connectivity index (χ0n) is 79.6. The predicted octanol–water partition coefficient (Wildman–Crippen LogP) is 18.9. The molecule has 1 unspecified atom stereocenters. The zero-order chi connectivity index (χ0) is 92.8. The second-order valence-electron chi connectivity index (χ2n) is 38.3. The SMILES string of the molecule is CC(C)CCC[C@@H](C)[C@H]1CC[C@H]2[C@@H]3CCC4C[C@@H](OCCCNC(=O)CCC(=O)N(CC(=O)NC(COC(COCc5ccccc5)COCc5ccccc5)COC(COCc5ccccc5)COCc5ccccc5)CC(=O)NC(COC(COCc5ccccc5)COCc5ccccc5)COC(COCc5ccccc5)COCc5ccccc5)CC[C@]4(C)[C@H]3CC[C@]12C. The maximum Gasteiger partial charge on any atom is 0.240 e. The minimum absolute atomic E-state index is 0.102. The van der Waals surface area contributed by atoms with E-state index < -0.39 is 67.3 Å². The fourth-order valence-electron chi connectivity index (χ4n) is 20.4. The maximum atomic E-state index is 15.3. The van der Waals surface area contributed by atoms with Gasteiger partial charge in [0.25, 0.3) is 0 Å². The Labute approximate surface area is 792 Å². The number of nitrogens with one attached hydrogen (secondary N) is 3. The molecule has 4 saturated carbocycles. The van der Waals surface area contributed by atoms with E-state index in [1.54, 1.807) is 0 Å². The van der Waals surface area contributed by atoms with Crippen LogP contribution in [-0.4, -0.2) is 177 Å². The molecule has 8 aromatic carbocycles. The van der Waals surface area contributed by atoms with Crippen molar-refractivity contribution >= 4 is 23.6 Å². The van der Waals surface area contributed by atoms with Gasteiger partial charge in [-0.3, -0.25) is 19.2 Å². The van der Waals surface area contributed by atoms with E-state index in [1.165, 1.54) is 69.1 Å². The highest BCUT2D eigenvalue weighted by atomic mass is 16.6. The number of ether oxygens (including phenoxy) is 13. The van der Waals surface area contributed by atoms with E-state index >= 15 is 14.4 Å². The lowest BCUT2D eigenvalue weighted by atomic mass is 9.44. The zero-order valence-corrected chi connectivity index (χ0v) is 79.6. The molecule has 3 N–H and O–H groups in total. The molecule has 21 heteroatoms. The van der Waals surface area contributed by atoms with Gasteiger partial charge in [0.1, 0.15) is 37.5 Å². The van der Waals surface area contributed by atoms with Gasteiger partial charge in [0.05, 0.1) is 150 Å². The van der Waals surface area contributed by atoms with Crippen LogP contribution < -0.4 is 16.0 Å². The molecule has 12 rings (SSSR count). The molecule has 0 bridgehead atoms. The summed E-state index contributed by atoms with van der Waals surface area (Å²) in [5, 5.41) is 9.35. The third kappa shape index (κ3) is 36.0. The number of rotatable bonds is 63. The van der Waals surface area contributed by atoms with Gasteiger partial charge in [0, 0.05) is 26.0 Å². The Hall–Kier alpha value is -8.88.